The van der Waals surface area contributed by atoms with E-state index in [2.05, 4.69) is 5.32 Å². The number of rotatable bonds is 5. The van der Waals surface area contributed by atoms with E-state index in [9.17, 15) is 14.0 Å². The van der Waals surface area contributed by atoms with Crippen molar-refractivity contribution < 1.29 is 14.0 Å². The Morgan fingerprint density at radius 3 is 2.00 bits per heavy atom. The zero-order valence-corrected chi connectivity index (χ0v) is 15.8. The summed E-state index contributed by atoms with van der Waals surface area (Å²) in [5.41, 5.74) is 2.43. The minimum Gasteiger partial charge on any atom is -0.350 e. The molecular weight excluding hydrogens is 367 g/mol. The van der Waals surface area contributed by atoms with E-state index in [1.54, 1.807) is 17.0 Å². The van der Waals surface area contributed by atoms with Crippen molar-refractivity contribution >= 4 is 17.5 Å². The Balaban J connectivity index is 1.52. The standard InChI is InChI=1S/C24H21FN2O2/c25-19-11-13-21(14-12-19)27-16-20(15-22(27)28)26-24(29)23(17-7-3-1-4-8-17)18-9-5-2-6-10-18/h1-14,20,23H,15-16H2,(H,26,29). The molecule has 1 saturated heterocycles. The van der Waals surface area contributed by atoms with Crippen LogP contribution in [0.5, 0.6) is 0 Å². The van der Waals surface area contributed by atoms with E-state index in [0.717, 1.165) is 11.1 Å². The Morgan fingerprint density at radius 1 is 0.897 bits per heavy atom. The lowest BCUT2D eigenvalue weighted by Crippen LogP contribution is -2.40. The molecule has 1 N–H and O–H groups in total. The summed E-state index contributed by atoms with van der Waals surface area (Å²) in [6.45, 7) is 0.368. The van der Waals surface area contributed by atoms with E-state index in [1.807, 2.05) is 60.7 Å². The fraction of sp³-hybridized carbons (Fsp3) is 0.167. The van der Waals surface area contributed by atoms with Crippen molar-refractivity contribution in [1.29, 1.82) is 0 Å². The maximum Gasteiger partial charge on any atom is 0.232 e. The molecule has 2 amide bonds. The second kappa shape index (κ2) is 8.27. The van der Waals surface area contributed by atoms with Gasteiger partial charge in [-0.05, 0) is 35.4 Å². The molecule has 4 nitrogen and oxygen atoms in total. The highest BCUT2D eigenvalue weighted by molar-refractivity contribution is 5.97. The molecule has 1 unspecified atom stereocenters. The molecule has 0 spiro atoms. The van der Waals surface area contributed by atoms with Crippen molar-refractivity contribution in [3.8, 4) is 0 Å². The Morgan fingerprint density at radius 2 is 1.45 bits per heavy atom. The van der Waals surface area contributed by atoms with Crippen molar-refractivity contribution in [3.63, 3.8) is 0 Å². The minimum absolute atomic E-state index is 0.0853. The predicted octanol–water partition coefficient (Wildman–Crippen LogP) is 3.88. The summed E-state index contributed by atoms with van der Waals surface area (Å²) < 4.78 is 13.2. The van der Waals surface area contributed by atoms with E-state index in [4.69, 9.17) is 0 Å². The summed E-state index contributed by atoms with van der Waals surface area (Å²) in [6.07, 6.45) is 0.222. The third-order valence-corrected chi connectivity index (χ3v) is 5.14. The quantitative estimate of drug-likeness (QED) is 0.721. The zero-order chi connectivity index (χ0) is 20.2. The van der Waals surface area contributed by atoms with Crippen LogP contribution >= 0.6 is 0 Å². The average molecular weight is 388 g/mol. The van der Waals surface area contributed by atoms with Crippen molar-refractivity contribution in [2.45, 2.75) is 18.4 Å². The molecule has 0 bridgehead atoms. The van der Waals surface area contributed by atoms with Crippen molar-refractivity contribution in [3.05, 3.63) is 102 Å². The SMILES string of the molecule is O=C(NC1CC(=O)N(c2ccc(F)cc2)C1)C(c1ccccc1)c1ccccc1. The van der Waals surface area contributed by atoms with Crippen LogP contribution in [0.25, 0.3) is 0 Å². The first-order chi connectivity index (χ1) is 14.1. The first-order valence-electron chi connectivity index (χ1n) is 9.58. The van der Waals surface area contributed by atoms with Gasteiger partial charge in [-0.3, -0.25) is 9.59 Å². The summed E-state index contributed by atoms with van der Waals surface area (Å²) in [7, 11) is 0. The number of nitrogens with zero attached hydrogens (tertiary/aromatic N) is 1. The van der Waals surface area contributed by atoms with Crippen molar-refractivity contribution in [2.24, 2.45) is 0 Å². The van der Waals surface area contributed by atoms with Gasteiger partial charge in [-0.15, -0.1) is 0 Å². The van der Waals surface area contributed by atoms with E-state index in [1.165, 1.54) is 12.1 Å². The van der Waals surface area contributed by atoms with Gasteiger partial charge >= 0.3 is 0 Å². The maximum atomic E-state index is 13.2. The molecule has 1 fully saturated rings. The second-order valence-electron chi connectivity index (χ2n) is 7.14. The van der Waals surface area contributed by atoms with Crippen molar-refractivity contribution in [2.75, 3.05) is 11.4 Å². The number of halogens is 1. The van der Waals surface area contributed by atoms with Crippen LogP contribution in [0.4, 0.5) is 10.1 Å². The molecule has 0 radical (unpaired) electrons. The van der Waals surface area contributed by atoms with Gasteiger partial charge in [-0.1, -0.05) is 60.7 Å². The van der Waals surface area contributed by atoms with Crippen molar-refractivity contribution in [1.82, 2.24) is 5.32 Å². The zero-order valence-electron chi connectivity index (χ0n) is 15.8. The fourth-order valence-corrected chi connectivity index (χ4v) is 3.75. The van der Waals surface area contributed by atoms with E-state index in [-0.39, 0.29) is 30.1 Å². The monoisotopic (exact) mass is 388 g/mol. The second-order valence-corrected chi connectivity index (χ2v) is 7.14. The molecular formula is C24H21FN2O2. The molecule has 1 atom stereocenters. The lowest BCUT2D eigenvalue weighted by molar-refractivity contribution is -0.122. The molecule has 0 saturated carbocycles. The minimum atomic E-state index is -0.452. The van der Waals surface area contributed by atoms with Gasteiger partial charge in [0.1, 0.15) is 5.82 Å². The Kier molecular flexibility index (Phi) is 5.38. The lowest BCUT2D eigenvalue weighted by atomic mass is 9.90. The molecule has 0 aromatic heterocycles. The third-order valence-electron chi connectivity index (χ3n) is 5.14. The van der Waals surface area contributed by atoms with Gasteiger partial charge in [0.05, 0.1) is 12.0 Å². The highest BCUT2D eigenvalue weighted by Crippen LogP contribution is 2.26. The largest absolute Gasteiger partial charge is 0.350 e. The Bertz CT molecular complexity index is 951. The summed E-state index contributed by atoms with van der Waals surface area (Å²) in [6, 6.07) is 24.7. The smallest absolute Gasteiger partial charge is 0.232 e. The van der Waals surface area contributed by atoms with Crippen LogP contribution in [0.15, 0.2) is 84.9 Å². The molecule has 146 valence electrons. The Labute approximate surface area is 169 Å². The van der Waals surface area contributed by atoms with Crippen LogP contribution in [-0.4, -0.2) is 24.4 Å². The number of nitrogens with one attached hydrogen (secondary N) is 1. The third kappa shape index (κ3) is 4.19. The molecule has 29 heavy (non-hydrogen) atoms. The molecule has 0 aliphatic carbocycles. The highest BCUT2D eigenvalue weighted by Gasteiger charge is 2.33. The predicted molar refractivity (Wildman–Crippen MR) is 110 cm³/mol. The molecule has 1 heterocycles. The van der Waals surface area contributed by atoms with Crippen LogP contribution < -0.4 is 10.2 Å². The summed E-state index contributed by atoms with van der Waals surface area (Å²) in [4.78, 5) is 27.2. The first-order valence-corrected chi connectivity index (χ1v) is 9.58. The first kappa shape index (κ1) is 18.9. The molecule has 3 aromatic rings. The number of carbonyl (C=O) groups excluding carboxylic acids is 2. The molecule has 4 rings (SSSR count). The highest BCUT2D eigenvalue weighted by atomic mass is 19.1. The van der Waals surface area contributed by atoms with E-state index in [0.29, 0.717) is 12.2 Å². The van der Waals surface area contributed by atoms with Crippen LogP contribution in [0.3, 0.4) is 0 Å². The van der Waals surface area contributed by atoms with Crippen LogP contribution in [0.2, 0.25) is 0 Å². The summed E-state index contributed by atoms with van der Waals surface area (Å²) in [5.74, 6) is -1.02. The maximum absolute atomic E-state index is 13.2. The topological polar surface area (TPSA) is 49.4 Å². The molecule has 5 heteroatoms. The Hall–Kier alpha value is -3.47. The summed E-state index contributed by atoms with van der Waals surface area (Å²) in [5, 5.41) is 3.04. The number of benzene rings is 3. The summed E-state index contributed by atoms with van der Waals surface area (Å²) >= 11 is 0. The van der Waals surface area contributed by atoms with E-state index >= 15 is 0 Å². The molecule has 1 aliphatic rings. The van der Waals surface area contributed by atoms with Gasteiger partial charge in [0, 0.05) is 18.7 Å². The van der Waals surface area contributed by atoms with Gasteiger partial charge < -0.3 is 10.2 Å². The molecule has 3 aromatic carbocycles. The fourth-order valence-electron chi connectivity index (χ4n) is 3.75. The van der Waals surface area contributed by atoms with Gasteiger partial charge in [0.25, 0.3) is 0 Å². The van der Waals surface area contributed by atoms with Crippen LogP contribution in [0, 0.1) is 5.82 Å². The van der Waals surface area contributed by atoms with E-state index < -0.39 is 5.92 Å². The number of hydrogen-bond donors (Lipinski definition) is 1. The van der Waals surface area contributed by atoms with Crippen LogP contribution in [-0.2, 0) is 9.59 Å². The van der Waals surface area contributed by atoms with Crippen LogP contribution in [0.1, 0.15) is 23.5 Å². The number of carbonyl (C=O) groups is 2. The molecule has 1 aliphatic heterocycles. The van der Waals surface area contributed by atoms with Gasteiger partial charge in [0.15, 0.2) is 0 Å². The normalized spacial score (nSPS) is 16.3. The number of hydrogen-bond acceptors (Lipinski definition) is 2. The number of amides is 2. The van der Waals surface area contributed by atoms with Gasteiger partial charge in [-0.25, -0.2) is 4.39 Å². The van der Waals surface area contributed by atoms with Gasteiger partial charge in [0.2, 0.25) is 11.8 Å². The average Bonchev–Trinajstić information content (AvgIpc) is 3.10. The van der Waals surface area contributed by atoms with Gasteiger partial charge in [-0.2, -0.15) is 0 Å². The lowest BCUT2D eigenvalue weighted by Gasteiger charge is -2.21. The number of anilines is 1.